The highest BCUT2D eigenvalue weighted by atomic mass is 35.5. The Labute approximate surface area is 99.9 Å². The topological polar surface area (TPSA) is 43.8 Å². The van der Waals surface area contributed by atoms with Gasteiger partial charge in [0.1, 0.15) is 5.82 Å². The molecule has 4 heteroatoms. The molecule has 0 spiro atoms. The van der Waals surface area contributed by atoms with Crippen molar-refractivity contribution in [3.8, 4) is 5.69 Å². The molecule has 0 saturated carbocycles. The predicted molar refractivity (Wildman–Crippen MR) is 65.9 cm³/mol. The number of hydrogen-bond donors (Lipinski definition) is 1. The average molecular weight is 236 g/mol. The third-order valence-corrected chi connectivity index (χ3v) is 2.72. The lowest BCUT2D eigenvalue weighted by Gasteiger charge is -2.04. The third kappa shape index (κ3) is 2.10. The SMILES string of the molecule is Cc1nc([C@H](C)N)cn1-c1ccc(Cl)cc1. The molecule has 84 valence electrons. The summed E-state index contributed by atoms with van der Waals surface area (Å²) in [4.78, 5) is 4.41. The first-order valence-electron chi connectivity index (χ1n) is 5.15. The van der Waals surface area contributed by atoms with Crippen molar-refractivity contribution in [2.75, 3.05) is 0 Å². The lowest BCUT2D eigenvalue weighted by atomic mass is 10.3. The molecule has 0 saturated heterocycles. The summed E-state index contributed by atoms with van der Waals surface area (Å²) in [6.07, 6.45) is 1.96. The molecule has 1 atom stereocenters. The molecule has 0 radical (unpaired) electrons. The van der Waals surface area contributed by atoms with E-state index in [9.17, 15) is 0 Å². The van der Waals surface area contributed by atoms with Crippen molar-refractivity contribution in [3.05, 3.63) is 47.0 Å². The highest BCUT2D eigenvalue weighted by molar-refractivity contribution is 6.30. The van der Waals surface area contributed by atoms with Gasteiger partial charge in [0, 0.05) is 22.9 Å². The normalized spacial score (nSPS) is 12.8. The van der Waals surface area contributed by atoms with E-state index >= 15 is 0 Å². The Morgan fingerprint density at radius 1 is 1.31 bits per heavy atom. The van der Waals surface area contributed by atoms with Crippen molar-refractivity contribution in [2.24, 2.45) is 5.73 Å². The molecule has 0 bridgehead atoms. The van der Waals surface area contributed by atoms with Crippen LogP contribution in [0.3, 0.4) is 0 Å². The number of hydrogen-bond acceptors (Lipinski definition) is 2. The highest BCUT2D eigenvalue weighted by Crippen LogP contribution is 2.17. The zero-order valence-electron chi connectivity index (χ0n) is 9.31. The summed E-state index contributed by atoms with van der Waals surface area (Å²) in [6.45, 7) is 3.88. The summed E-state index contributed by atoms with van der Waals surface area (Å²) in [6, 6.07) is 7.60. The van der Waals surface area contributed by atoms with E-state index in [0.29, 0.717) is 0 Å². The largest absolute Gasteiger partial charge is 0.323 e. The molecule has 0 aliphatic heterocycles. The summed E-state index contributed by atoms with van der Waals surface area (Å²) >= 11 is 5.85. The molecule has 3 nitrogen and oxygen atoms in total. The van der Waals surface area contributed by atoms with Crippen LogP contribution in [0.2, 0.25) is 5.02 Å². The molecule has 0 amide bonds. The lowest BCUT2D eigenvalue weighted by molar-refractivity contribution is 0.786. The van der Waals surface area contributed by atoms with E-state index in [1.165, 1.54) is 0 Å². The molecule has 1 aromatic carbocycles. The Balaban J connectivity index is 2.44. The van der Waals surface area contributed by atoms with Crippen LogP contribution in [0.25, 0.3) is 5.69 Å². The first kappa shape index (κ1) is 11.2. The Hall–Kier alpha value is -1.32. The van der Waals surface area contributed by atoms with Crippen molar-refractivity contribution >= 4 is 11.6 Å². The molecule has 0 aliphatic carbocycles. The second kappa shape index (κ2) is 4.28. The second-order valence-corrected chi connectivity index (χ2v) is 4.28. The number of imidazole rings is 1. The summed E-state index contributed by atoms with van der Waals surface area (Å²) in [7, 11) is 0. The zero-order valence-corrected chi connectivity index (χ0v) is 10.1. The van der Waals surface area contributed by atoms with Gasteiger partial charge in [-0.1, -0.05) is 11.6 Å². The molecule has 2 rings (SSSR count). The summed E-state index contributed by atoms with van der Waals surface area (Å²) in [5.41, 5.74) is 7.74. The van der Waals surface area contributed by atoms with E-state index in [-0.39, 0.29) is 6.04 Å². The standard InChI is InChI=1S/C12H14ClN3/c1-8(14)12-7-16(9(2)15-12)11-5-3-10(13)4-6-11/h3-8H,14H2,1-2H3/t8-/m0/s1. The number of aryl methyl sites for hydroxylation is 1. The van der Waals surface area contributed by atoms with E-state index in [0.717, 1.165) is 22.2 Å². The van der Waals surface area contributed by atoms with Gasteiger partial charge in [0.05, 0.1) is 5.69 Å². The summed E-state index contributed by atoms with van der Waals surface area (Å²) < 4.78 is 2.01. The minimum Gasteiger partial charge on any atom is -0.323 e. The van der Waals surface area contributed by atoms with Crippen molar-refractivity contribution in [3.63, 3.8) is 0 Å². The summed E-state index contributed by atoms with van der Waals surface area (Å²) in [5, 5.41) is 0.730. The maximum Gasteiger partial charge on any atom is 0.110 e. The molecular formula is C12H14ClN3. The van der Waals surface area contributed by atoms with Gasteiger partial charge in [0.25, 0.3) is 0 Å². The lowest BCUT2D eigenvalue weighted by Crippen LogP contribution is -2.04. The van der Waals surface area contributed by atoms with Crippen molar-refractivity contribution < 1.29 is 0 Å². The maximum atomic E-state index is 5.85. The molecule has 0 unspecified atom stereocenters. The fourth-order valence-corrected chi connectivity index (χ4v) is 1.70. The van der Waals surface area contributed by atoms with Crippen LogP contribution in [0, 0.1) is 6.92 Å². The fourth-order valence-electron chi connectivity index (χ4n) is 1.58. The van der Waals surface area contributed by atoms with Gasteiger partial charge in [-0.2, -0.15) is 0 Å². The van der Waals surface area contributed by atoms with E-state index in [1.807, 2.05) is 48.9 Å². The second-order valence-electron chi connectivity index (χ2n) is 3.85. The van der Waals surface area contributed by atoms with E-state index < -0.39 is 0 Å². The van der Waals surface area contributed by atoms with Crippen LogP contribution in [0.5, 0.6) is 0 Å². The van der Waals surface area contributed by atoms with Crippen LogP contribution in [-0.4, -0.2) is 9.55 Å². The molecular weight excluding hydrogens is 222 g/mol. The zero-order chi connectivity index (χ0) is 11.7. The van der Waals surface area contributed by atoms with Gasteiger partial charge in [-0.05, 0) is 38.1 Å². The third-order valence-electron chi connectivity index (χ3n) is 2.47. The van der Waals surface area contributed by atoms with Gasteiger partial charge in [-0.25, -0.2) is 4.98 Å². The van der Waals surface area contributed by atoms with Gasteiger partial charge in [0.2, 0.25) is 0 Å². The van der Waals surface area contributed by atoms with Gasteiger partial charge in [-0.15, -0.1) is 0 Å². The van der Waals surface area contributed by atoms with Gasteiger partial charge < -0.3 is 10.3 Å². The Morgan fingerprint density at radius 3 is 2.44 bits per heavy atom. The van der Waals surface area contributed by atoms with Crippen LogP contribution in [0.4, 0.5) is 0 Å². The Bertz CT molecular complexity index is 485. The van der Waals surface area contributed by atoms with Gasteiger partial charge in [0.15, 0.2) is 0 Å². The smallest absolute Gasteiger partial charge is 0.110 e. The number of nitrogens with two attached hydrogens (primary N) is 1. The Morgan fingerprint density at radius 2 is 1.94 bits per heavy atom. The monoisotopic (exact) mass is 235 g/mol. The number of aromatic nitrogens is 2. The molecule has 0 aliphatic rings. The predicted octanol–water partition coefficient (Wildman–Crippen LogP) is 2.85. The molecule has 0 fully saturated rings. The minimum atomic E-state index is -0.0488. The number of halogens is 1. The quantitative estimate of drug-likeness (QED) is 0.870. The van der Waals surface area contributed by atoms with Crippen LogP contribution in [0.1, 0.15) is 24.5 Å². The molecule has 2 N–H and O–H groups in total. The number of nitrogens with zero attached hydrogens (tertiary/aromatic N) is 2. The average Bonchev–Trinajstić information content (AvgIpc) is 2.62. The molecule has 1 heterocycles. The Kier molecular flexibility index (Phi) is 2.99. The first-order chi connectivity index (χ1) is 7.58. The highest BCUT2D eigenvalue weighted by Gasteiger charge is 2.08. The number of rotatable bonds is 2. The van der Waals surface area contributed by atoms with E-state index in [1.54, 1.807) is 0 Å². The van der Waals surface area contributed by atoms with Crippen LogP contribution in [0.15, 0.2) is 30.5 Å². The number of benzene rings is 1. The molecule has 16 heavy (non-hydrogen) atoms. The van der Waals surface area contributed by atoms with Crippen molar-refractivity contribution in [1.82, 2.24) is 9.55 Å². The van der Waals surface area contributed by atoms with Gasteiger partial charge >= 0.3 is 0 Å². The van der Waals surface area contributed by atoms with Crippen LogP contribution >= 0.6 is 11.6 Å². The van der Waals surface area contributed by atoms with Gasteiger partial charge in [-0.3, -0.25) is 0 Å². The van der Waals surface area contributed by atoms with Crippen molar-refractivity contribution in [1.29, 1.82) is 0 Å². The van der Waals surface area contributed by atoms with E-state index in [4.69, 9.17) is 17.3 Å². The van der Waals surface area contributed by atoms with Crippen LogP contribution in [-0.2, 0) is 0 Å². The fraction of sp³-hybridized carbons (Fsp3) is 0.250. The molecule has 2 aromatic rings. The summed E-state index contributed by atoms with van der Waals surface area (Å²) in [5.74, 6) is 0.926. The molecule has 1 aromatic heterocycles. The maximum absolute atomic E-state index is 5.85. The minimum absolute atomic E-state index is 0.0488. The van der Waals surface area contributed by atoms with Crippen LogP contribution < -0.4 is 5.73 Å². The van der Waals surface area contributed by atoms with Crippen molar-refractivity contribution in [2.45, 2.75) is 19.9 Å². The van der Waals surface area contributed by atoms with E-state index in [2.05, 4.69) is 4.98 Å². The first-order valence-corrected chi connectivity index (χ1v) is 5.53.